The van der Waals surface area contributed by atoms with Crippen molar-refractivity contribution in [3.63, 3.8) is 0 Å². The van der Waals surface area contributed by atoms with Crippen molar-refractivity contribution in [3.05, 3.63) is 40.7 Å². The van der Waals surface area contributed by atoms with E-state index in [-0.39, 0.29) is 12.1 Å². The number of aliphatic carboxylic acids is 1. The van der Waals surface area contributed by atoms with E-state index in [1.54, 1.807) is 18.3 Å². The van der Waals surface area contributed by atoms with E-state index in [4.69, 9.17) is 5.11 Å². The first kappa shape index (κ1) is 11.3. The number of carboxylic acids is 1. The normalized spacial score (nSPS) is 10.9. The number of aromatic amines is 3. The van der Waals surface area contributed by atoms with E-state index in [1.807, 2.05) is 6.07 Å². The Morgan fingerprint density at radius 3 is 2.79 bits per heavy atom. The fourth-order valence-electron chi connectivity index (χ4n) is 1.94. The van der Waals surface area contributed by atoms with Gasteiger partial charge in [0.2, 0.25) is 0 Å². The number of benzene rings is 1. The third-order valence-corrected chi connectivity index (χ3v) is 2.77. The molecule has 19 heavy (non-hydrogen) atoms. The summed E-state index contributed by atoms with van der Waals surface area (Å²) >= 11 is 0. The van der Waals surface area contributed by atoms with Crippen molar-refractivity contribution in [2.75, 3.05) is 0 Å². The zero-order valence-corrected chi connectivity index (χ0v) is 9.73. The molecular formula is C12H10N4O3. The predicted octanol–water partition coefficient (Wildman–Crippen LogP) is 0.873. The van der Waals surface area contributed by atoms with Crippen LogP contribution in [0.25, 0.3) is 22.3 Å². The molecular weight excluding hydrogens is 248 g/mol. The van der Waals surface area contributed by atoms with E-state index in [0.717, 1.165) is 11.1 Å². The fraction of sp³-hybridized carbons (Fsp3) is 0.0833. The first-order chi connectivity index (χ1) is 9.11. The van der Waals surface area contributed by atoms with Crippen LogP contribution in [0.5, 0.6) is 0 Å². The third-order valence-electron chi connectivity index (χ3n) is 2.77. The molecule has 0 unspecified atom stereocenters. The summed E-state index contributed by atoms with van der Waals surface area (Å²) in [5.74, 6) is -0.545. The number of hydrogen-bond acceptors (Lipinski definition) is 3. The summed E-state index contributed by atoms with van der Waals surface area (Å²) in [5, 5.41) is 8.69. The Morgan fingerprint density at radius 2 is 2.00 bits per heavy atom. The van der Waals surface area contributed by atoms with E-state index >= 15 is 0 Å². The second-order valence-corrected chi connectivity index (χ2v) is 4.15. The number of hydrogen-bond donors (Lipinski definition) is 4. The van der Waals surface area contributed by atoms with Crippen molar-refractivity contribution in [1.82, 2.24) is 19.9 Å². The van der Waals surface area contributed by atoms with Gasteiger partial charge in [-0.05, 0) is 12.1 Å². The smallest absolute Gasteiger partial charge is 0.323 e. The largest absolute Gasteiger partial charge is 0.481 e. The number of carboxylic acid groups (broad SMARTS) is 1. The average Bonchev–Trinajstić information content (AvgIpc) is 2.92. The van der Waals surface area contributed by atoms with Crippen LogP contribution in [0, 0.1) is 0 Å². The molecule has 1 aromatic carbocycles. The Balaban J connectivity index is 2.01. The average molecular weight is 258 g/mol. The lowest BCUT2D eigenvalue weighted by Gasteiger charge is -1.97. The van der Waals surface area contributed by atoms with Crippen molar-refractivity contribution >= 4 is 17.0 Å². The number of rotatable bonds is 3. The number of fused-ring (bicyclic) bond motifs is 1. The Morgan fingerprint density at radius 1 is 1.21 bits per heavy atom. The van der Waals surface area contributed by atoms with Crippen molar-refractivity contribution in [2.45, 2.75) is 6.42 Å². The quantitative estimate of drug-likeness (QED) is 0.558. The van der Waals surface area contributed by atoms with Gasteiger partial charge in [0.25, 0.3) is 0 Å². The van der Waals surface area contributed by atoms with Crippen molar-refractivity contribution < 1.29 is 9.90 Å². The predicted molar refractivity (Wildman–Crippen MR) is 67.8 cm³/mol. The SMILES string of the molecule is O=C(O)Cc1ncc(-c2ccc3[nH]c(=O)[nH]c3c2)[nH]1. The standard InChI is InChI=1S/C12H10N4O3/c17-11(18)4-10-13-5-9(14-10)6-1-2-7-8(3-6)16-12(19)15-7/h1-3,5H,4H2,(H,13,14)(H,17,18)(H2,15,16,19). The number of H-pyrrole nitrogens is 3. The van der Waals surface area contributed by atoms with Crippen LogP contribution in [0.2, 0.25) is 0 Å². The number of nitrogens with zero attached hydrogens (tertiary/aromatic N) is 1. The van der Waals surface area contributed by atoms with Crippen molar-refractivity contribution in [3.8, 4) is 11.3 Å². The van der Waals surface area contributed by atoms with Crippen LogP contribution in [-0.4, -0.2) is 31.0 Å². The van der Waals surface area contributed by atoms with Crippen LogP contribution in [-0.2, 0) is 11.2 Å². The maximum Gasteiger partial charge on any atom is 0.323 e. The fourth-order valence-corrected chi connectivity index (χ4v) is 1.94. The van der Waals surface area contributed by atoms with Crippen LogP contribution in [0.1, 0.15) is 5.82 Å². The van der Waals surface area contributed by atoms with Crippen LogP contribution in [0.4, 0.5) is 0 Å². The van der Waals surface area contributed by atoms with Gasteiger partial charge in [-0.3, -0.25) is 4.79 Å². The molecule has 3 rings (SSSR count). The highest BCUT2D eigenvalue weighted by molar-refractivity contribution is 5.80. The lowest BCUT2D eigenvalue weighted by Crippen LogP contribution is -2.01. The van der Waals surface area contributed by atoms with E-state index in [1.165, 1.54) is 0 Å². The number of aromatic nitrogens is 4. The van der Waals surface area contributed by atoms with Gasteiger partial charge >= 0.3 is 11.7 Å². The molecule has 0 saturated heterocycles. The molecule has 4 N–H and O–H groups in total. The summed E-state index contributed by atoms with van der Waals surface area (Å²) in [5.41, 5.74) is 2.69. The summed E-state index contributed by atoms with van der Waals surface area (Å²) in [6.07, 6.45) is 1.42. The Labute approximate surface area is 106 Å². The minimum atomic E-state index is -0.939. The van der Waals surface area contributed by atoms with Gasteiger partial charge in [0.1, 0.15) is 12.2 Å². The van der Waals surface area contributed by atoms with Crippen LogP contribution in [0.15, 0.2) is 29.2 Å². The molecule has 3 aromatic rings. The molecule has 96 valence electrons. The minimum absolute atomic E-state index is 0.150. The first-order valence-corrected chi connectivity index (χ1v) is 5.60. The highest BCUT2D eigenvalue weighted by Gasteiger charge is 2.08. The van der Waals surface area contributed by atoms with Gasteiger partial charge in [-0.15, -0.1) is 0 Å². The highest BCUT2D eigenvalue weighted by atomic mass is 16.4. The molecule has 0 radical (unpaired) electrons. The second-order valence-electron chi connectivity index (χ2n) is 4.15. The van der Waals surface area contributed by atoms with Crippen LogP contribution < -0.4 is 5.69 Å². The summed E-state index contributed by atoms with van der Waals surface area (Å²) in [4.78, 5) is 34.0. The minimum Gasteiger partial charge on any atom is -0.481 e. The summed E-state index contributed by atoms with van der Waals surface area (Å²) < 4.78 is 0. The maximum absolute atomic E-state index is 11.2. The lowest BCUT2D eigenvalue weighted by molar-refractivity contribution is -0.136. The molecule has 0 aliphatic rings. The maximum atomic E-state index is 11.2. The molecule has 0 atom stereocenters. The van der Waals surface area contributed by atoms with Gasteiger partial charge in [0, 0.05) is 5.56 Å². The summed E-state index contributed by atoms with van der Waals surface area (Å²) in [6.45, 7) is 0. The monoisotopic (exact) mass is 258 g/mol. The van der Waals surface area contributed by atoms with Crippen LogP contribution in [0.3, 0.4) is 0 Å². The molecule has 0 fully saturated rings. The number of imidazole rings is 2. The molecule has 0 aliphatic carbocycles. The highest BCUT2D eigenvalue weighted by Crippen LogP contribution is 2.20. The molecule has 7 heteroatoms. The first-order valence-electron chi connectivity index (χ1n) is 5.60. The molecule has 0 amide bonds. The molecule has 0 spiro atoms. The molecule has 7 nitrogen and oxygen atoms in total. The van der Waals surface area contributed by atoms with Gasteiger partial charge in [-0.1, -0.05) is 6.07 Å². The Kier molecular flexibility index (Phi) is 2.45. The van der Waals surface area contributed by atoms with E-state index in [9.17, 15) is 9.59 Å². The number of nitrogens with one attached hydrogen (secondary N) is 3. The molecule has 0 saturated carbocycles. The van der Waals surface area contributed by atoms with Gasteiger partial charge in [-0.25, -0.2) is 9.78 Å². The van der Waals surface area contributed by atoms with E-state index in [2.05, 4.69) is 19.9 Å². The zero-order chi connectivity index (χ0) is 13.4. The van der Waals surface area contributed by atoms with Gasteiger partial charge in [0.05, 0.1) is 22.9 Å². The van der Waals surface area contributed by atoms with Crippen LogP contribution >= 0.6 is 0 Å². The van der Waals surface area contributed by atoms with E-state index < -0.39 is 5.97 Å². The van der Waals surface area contributed by atoms with Crippen molar-refractivity contribution in [2.24, 2.45) is 0 Å². The molecule has 0 bridgehead atoms. The van der Waals surface area contributed by atoms with Crippen molar-refractivity contribution in [1.29, 1.82) is 0 Å². The third kappa shape index (κ3) is 2.13. The second kappa shape index (κ2) is 4.13. The molecule has 2 aromatic heterocycles. The Bertz CT molecular complexity index is 812. The lowest BCUT2D eigenvalue weighted by atomic mass is 10.1. The van der Waals surface area contributed by atoms with E-state index in [0.29, 0.717) is 17.0 Å². The van der Waals surface area contributed by atoms with Gasteiger partial charge in [0.15, 0.2) is 0 Å². The van der Waals surface area contributed by atoms with Gasteiger partial charge in [-0.2, -0.15) is 0 Å². The number of carbonyl (C=O) groups is 1. The zero-order valence-electron chi connectivity index (χ0n) is 9.73. The Hall–Kier alpha value is -2.83. The molecule has 0 aliphatic heterocycles. The topological polar surface area (TPSA) is 115 Å². The summed E-state index contributed by atoms with van der Waals surface area (Å²) in [6, 6.07) is 5.40. The molecule has 2 heterocycles. The van der Waals surface area contributed by atoms with Gasteiger partial charge < -0.3 is 20.1 Å². The summed E-state index contributed by atoms with van der Waals surface area (Å²) in [7, 11) is 0.